The predicted molar refractivity (Wildman–Crippen MR) is 102 cm³/mol. The van der Waals surface area contributed by atoms with Crippen LogP contribution < -0.4 is 4.80 Å². The Morgan fingerprint density at radius 2 is 2.00 bits per heavy atom. The summed E-state index contributed by atoms with van der Waals surface area (Å²) < 4.78 is 39.0. The molecule has 0 radical (unpaired) electrons. The smallest absolute Gasteiger partial charge is 0.279 e. The summed E-state index contributed by atoms with van der Waals surface area (Å²) in [7, 11) is -3.58. The van der Waals surface area contributed by atoms with Crippen molar-refractivity contribution < 1.29 is 17.6 Å². The zero-order chi connectivity index (χ0) is 19.6. The molecule has 0 spiro atoms. The number of carbonyl (C=O) groups is 1. The van der Waals surface area contributed by atoms with Gasteiger partial charge < -0.3 is 4.57 Å². The second-order valence-electron chi connectivity index (χ2n) is 5.74. The number of benzene rings is 2. The maximum absolute atomic E-state index is 13.9. The van der Waals surface area contributed by atoms with Gasteiger partial charge in [0, 0.05) is 29.0 Å². The third-order valence-corrected chi connectivity index (χ3v) is 6.11. The van der Waals surface area contributed by atoms with Crippen molar-refractivity contribution in [2.75, 3.05) is 6.26 Å². The fourth-order valence-electron chi connectivity index (χ4n) is 2.39. The molecule has 0 saturated carbocycles. The van der Waals surface area contributed by atoms with E-state index < -0.39 is 15.7 Å². The van der Waals surface area contributed by atoms with Gasteiger partial charge in [0.05, 0.1) is 16.5 Å². The molecule has 0 atom stereocenters. The number of hydrogen-bond acceptors (Lipinski definition) is 4. The topological polar surface area (TPSA) is 68.5 Å². The fraction of sp³-hybridized carbons (Fsp3) is 0.111. The summed E-state index contributed by atoms with van der Waals surface area (Å²) in [6, 6.07) is 10.3. The van der Waals surface area contributed by atoms with E-state index >= 15 is 0 Å². The number of sulfone groups is 1. The lowest BCUT2D eigenvalue weighted by Gasteiger charge is -2.05. The van der Waals surface area contributed by atoms with Gasteiger partial charge in [-0.3, -0.25) is 4.79 Å². The van der Waals surface area contributed by atoms with E-state index in [9.17, 15) is 17.6 Å². The van der Waals surface area contributed by atoms with E-state index in [1.165, 1.54) is 35.6 Å². The molecule has 1 amide bonds. The maximum Gasteiger partial charge on any atom is 0.279 e. The maximum atomic E-state index is 13.9. The van der Waals surface area contributed by atoms with Crippen molar-refractivity contribution in [2.24, 2.45) is 4.99 Å². The fourth-order valence-corrected chi connectivity index (χ4v) is 4.42. The Balaban J connectivity index is 1.96. The van der Waals surface area contributed by atoms with E-state index in [1.54, 1.807) is 34.3 Å². The molecule has 0 aliphatic rings. The number of thiazole rings is 1. The highest BCUT2D eigenvalue weighted by Gasteiger charge is 2.16. The van der Waals surface area contributed by atoms with Crippen molar-refractivity contribution in [1.29, 1.82) is 0 Å². The molecule has 3 aromatic rings. The van der Waals surface area contributed by atoms with Crippen LogP contribution in [0.4, 0.5) is 4.39 Å². The summed E-state index contributed by atoms with van der Waals surface area (Å²) in [6.45, 7) is 0.220. The van der Waals surface area contributed by atoms with Crippen LogP contribution in [0.1, 0.15) is 15.9 Å². The third-order valence-electron chi connectivity index (χ3n) is 3.73. The van der Waals surface area contributed by atoms with Crippen LogP contribution in [0.5, 0.6) is 0 Å². The summed E-state index contributed by atoms with van der Waals surface area (Å²) in [5.41, 5.74) is 0.571. The molecule has 1 heterocycles. The zero-order valence-corrected chi connectivity index (χ0v) is 16.5. The van der Waals surface area contributed by atoms with Gasteiger partial charge in [0.15, 0.2) is 14.6 Å². The molecular weight excluding hydrogens is 411 g/mol. The first kappa shape index (κ1) is 19.5. The van der Waals surface area contributed by atoms with Gasteiger partial charge in [0.25, 0.3) is 5.91 Å². The van der Waals surface area contributed by atoms with Gasteiger partial charge in [-0.1, -0.05) is 29.8 Å². The Hall–Kier alpha value is -2.29. The van der Waals surface area contributed by atoms with Gasteiger partial charge in [-0.2, -0.15) is 4.99 Å². The SMILES string of the molecule is CS(=O)(=O)c1cc(C(=O)N=c2sccn2Cc2ccccc2F)ccc1Cl. The van der Waals surface area contributed by atoms with Crippen molar-refractivity contribution in [3.63, 3.8) is 0 Å². The molecule has 0 aliphatic carbocycles. The highest BCUT2D eigenvalue weighted by atomic mass is 35.5. The average molecular weight is 425 g/mol. The first-order valence-electron chi connectivity index (χ1n) is 7.72. The Kier molecular flexibility index (Phi) is 5.59. The van der Waals surface area contributed by atoms with Gasteiger partial charge in [-0.25, -0.2) is 12.8 Å². The molecule has 2 aromatic carbocycles. The van der Waals surface area contributed by atoms with Crippen LogP contribution in [-0.2, 0) is 16.4 Å². The average Bonchev–Trinajstić information content (AvgIpc) is 3.03. The highest BCUT2D eigenvalue weighted by molar-refractivity contribution is 7.90. The Bertz CT molecular complexity index is 1180. The number of amides is 1. The lowest BCUT2D eigenvalue weighted by molar-refractivity contribution is 0.0997. The molecule has 0 aliphatic heterocycles. The molecule has 0 saturated heterocycles. The summed E-state index contributed by atoms with van der Waals surface area (Å²) in [4.78, 5) is 16.8. The largest absolute Gasteiger partial charge is 0.319 e. The summed E-state index contributed by atoms with van der Waals surface area (Å²) in [5, 5.41) is 1.77. The van der Waals surface area contributed by atoms with E-state index in [4.69, 9.17) is 11.6 Å². The highest BCUT2D eigenvalue weighted by Crippen LogP contribution is 2.23. The molecule has 140 valence electrons. The van der Waals surface area contributed by atoms with Crippen molar-refractivity contribution in [3.8, 4) is 0 Å². The minimum atomic E-state index is -3.58. The molecule has 5 nitrogen and oxygen atoms in total. The van der Waals surface area contributed by atoms with Crippen LogP contribution in [0.15, 0.2) is 63.9 Å². The summed E-state index contributed by atoms with van der Waals surface area (Å²) in [5.74, 6) is -0.953. The van der Waals surface area contributed by atoms with E-state index in [0.29, 0.717) is 10.4 Å². The van der Waals surface area contributed by atoms with Gasteiger partial charge in [-0.15, -0.1) is 11.3 Å². The molecule has 27 heavy (non-hydrogen) atoms. The number of hydrogen-bond donors (Lipinski definition) is 0. The Morgan fingerprint density at radius 3 is 2.70 bits per heavy atom. The predicted octanol–water partition coefficient (Wildman–Crippen LogP) is 3.54. The van der Waals surface area contributed by atoms with Crippen LogP contribution in [0.2, 0.25) is 5.02 Å². The van der Waals surface area contributed by atoms with Gasteiger partial charge in [0.2, 0.25) is 0 Å². The third kappa shape index (κ3) is 4.52. The quantitative estimate of drug-likeness (QED) is 0.643. The van der Waals surface area contributed by atoms with Crippen molar-refractivity contribution in [2.45, 2.75) is 11.4 Å². The second kappa shape index (κ2) is 7.75. The Labute approximate surface area is 164 Å². The minimum Gasteiger partial charge on any atom is -0.319 e. The molecule has 0 bridgehead atoms. The molecule has 9 heteroatoms. The monoisotopic (exact) mass is 424 g/mol. The lowest BCUT2D eigenvalue weighted by atomic mass is 10.2. The van der Waals surface area contributed by atoms with Crippen molar-refractivity contribution in [1.82, 2.24) is 4.57 Å². The summed E-state index contributed by atoms with van der Waals surface area (Å²) >= 11 is 7.12. The van der Waals surface area contributed by atoms with Crippen LogP contribution in [0.25, 0.3) is 0 Å². The first-order valence-corrected chi connectivity index (χ1v) is 10.9. The molecule has 3 rings (SSSR count). The van der Waals surface area contributed by atoms with Gasteiger partial charge >= 0.3 is 0 Å². The molecule has 0 N–H and O–H groups in total. The normalized spacial score (nSPS) is 12.3. The molecule has 0 unspecified atom stereocenters. The van der Waals surface area contributed by atoms with Crippen molar-refractivity contribution >= 4 is 38.7 Å². The van der Waals surface area contributed by atoms with Crippen molar-refractivity contribution in [3.05, 3.63) is 80.8 Å². The second-order valence-corrected chi connectivity index (χ2v) is 9.00. The van der Waals surface area contributed by atoms with Gasteiger partial charge in [0.1, 0.15) is 5.82 Å². The van der Waals surface area contributed by atoms with E-state index in [-0.39, 0.29) is 27.8 Å². The number of rotatable bonds is 4. The Morgan fingerprint density at radius 1 is 1.26 bits per heavy atom. The van der Waals surface area contributed by atoms with E-state index in [0.717, 1.165) is 6.26 Å². The number of nitrogens with zero attached hydrogens (tertiary/aromatic N) is 2. The van der Waals surface area contributed by atoms with E-state index in [2.05, 4.69) is 4.99 Å². The van der Waals surface area contributed by atoms with Crippen LogP contribution in [-0.4, -0.2) is 25.1 Å². The first-order chi connectivity index (χ1) is 12.8. The minimum absolute atomic E-state index is 0.0415. The summed E-state index contributed by atoms with van der Waals surface area (Å²) in [6.07, 6.45) is 2.72. The van der Waals surface area contributed by atoms with E-state index in [1.807, 2.05) is 0 Å². The van der Waals surface area contributed by atoms with Crippen LogP contribution in [0, 0.1) is 5.82 Å². The van der Waals surface area contributed by atoms with Crippen LogP contribution >= 0.6 is 22.9 Å². The molecule has 1 aromatic heterocycles. The van der Waals surface area contributed by atoms with Crippen LogP contribution in [0.3, 0.4) is 0 Å². The molecule has 0 fully saturated rings. The van der Waals surface area contributed by atoms with Gasteiger partial charge in [-0.05, 0) is 24.3 Å². The zero-order valence-electron chi connectivity index (χ0n) is 14.1. The number of aromatic nitrogens is 1. The number of carbonyl (C=O) groups excluding carboxylic acids is 1. The molecular formula is C18H14ClFN2O3S2. The number of halogens is 2. The standard InChI is InChI=1S/C18H14ClFN2O3S2/c1-27(24,25)16-10-12(6-7-14(16)19)17(23)21-18-22(8-9-26-18)11-13-4-2-3-5-15(13)20/h2-10H,11H2,1H3. The lowest BCUT2D eigenvalue weighted by Crippen LogP contribution is -2.17.